The van der Waals surface area contributed by atoms with E-state index in [0.29, 0.717) is 30.3 Å². The highest BCUT2D eigenvalue weighted by Gasteiger charge is 2.25. The van der Waals surface area contributed by atoms with Gasteiger partial charge in [-0.2, -0.15) is 0 Å². The van der Waals surface area contributed by atoms with Crippen LogP contribution in [0.4, 0.5) is 4.79 Å². The standard InChI is InChI=1S/C25H28N4O3/c1-17-8-10-20(11-9-17)24(30)29-14-12-21(13-15-29)28-25(31)27-18(2)23-26-16-22(32-23)19-6-4-3-5-7-19/h3-11,16,18,21H,12-15H2,1-2H3,(H2,27,28,31). The summed E-state index contributed by atoms with van der Waals surface area (Å²) < 4.78 is 5.81. The van der Waals surface area contributed by atoms with E-state index >= 15 is 0 Å². The summed E-state index contributed by atoms with van der Waals surface area (Å²) in [6.45, 7) is 5.07. The summed E-state index contributed by atoms with van der Waals surface area (Å²) in [5, 5.41) is 5.89. The summed E-state index contributed by atoms with van der Waals surface area (Å²) in [6.07, 6.45) is 3.11. The molecule has 1 fully saturated rings. The number of amides is 3. The van der Waals surface area contributed by atoms with Gasteiger partial charge in [0, 0.05) is 30.3 Å². The van der Waals surface area contributed by atoms with Gasteiger partial charge in [-0.3, -0.25) is 4.79 Å². The zero-order valence-corrected chi connectivity index (χ0v) is 18.4. The molecule has 0 radical (unpaired) electrons. The van der Waals surface area contributed by atoms with E-state index in [4.69, 9.17) is 4.42 Å². The minimum absolute atomic E-state index is 0.0220. The minimum Gasteiger partial charge on any atom is -0.438 e. The van der Waals surface area contributed by atoms with Gasteiger partial charge in [-0.05, 0) is 38.8 Å². The van der Waals surface area contributed by atoms with Crippen molar-refractivity contribution in [3.8, 4) is 11.3 Å². The predicted molar refractivity (Wildman–Crippen MR) is 122 cm³/mol. The van der Waals surface area contributed by atoms with Crippen molar-refractivity contribution in [3.63, 3.8) is 0 Å². The third-order valence-electron chi connectivity index (χ3n) is 5.72. The lowest BCUT2D eigenvalue weighted by Crippen LogP contribution is -2.49. The van der Waals surface area contributed by atoms with E-state index < -0.39 is 0 Å². The first-order valence-corrected chi connectivity index (χ1v) is 10.9. The van der Waals surface area contributed by atoms with Gasteiger partial charge < -0.3 is 20.0 Å². The fourth-order valence-electron chi connectivity index (χ4n) is 3.81. The number of carbonyl (C=O) groups is 2. The van der Waals surface area contributed by atoms with Gasteiger partial charge in [0.2, 0.25) is 5.89 Å². The Bertz CT molecular complexity index is 1050. The molecule has 3 aromatic rings. The molecule has 7 heteroatoms. The van der Waals surface area contributed by atoms with Crippen LogP contribution in [0.3, 0.4) is 0 Å². The molecule has 0 saturated carbocycles. The first kappa shape index (κ1) is 21.6. The van der Waals surface area contributed by atoms with Crippen molar-refractivity contribution in [2.45, 2.75) is 38.8 Å². The van der Waals surface area contributed by atoms with Crippen molar-refractivity contribution in [1.82, 2.24) is 20.5 Å². The molecule has 1 saturated heterocycles. The fourth-order valence-corrected chi connectivity index (χ4v) is 3.81. The molecule has 1 unspecified atom stereocenters. The van der Waals surface area contributed by atoms with Crippen LogP contribution < -0.4 is 10.6 Å². The van der Waals surface area contributed by atoms with Crippen LogP contribution in [0, 0.1) is 6.92 Å². The molecular formula is C25H28N4O3. The molecule has 2 heterocycles. The topological polar surface area (TPSA) is 87.5 Å². The van der Waals surface area contributed by atoms with E-state index in [1.165, 1.54) is 0 Å². The van der Waals surface area contributed by atoms with Crippen LogP contribution in [0.1, 0.15) is 47.6 Å². The van der Waals surface area contributed by atoms with Crippen molar-refractivity contribution in [3.05, 3.63) is 77.8 Å². The van der Waals surface area contributed by atoms with Crippen molar-refractivity contribution in [2.75, 3.05) is 13.1 Å². The number of nitrogens with one attached hydrogen (secondary N) is 2. The van der Waals surface area contributed by atoms with Crippen LogP contribution in [0.2, 0.25) is 0 Å². The molecule has 1 aliphatic rings. The summed E-state index contributed by atoms with van der Waals surface area (Å²) in [7, 11) is 0. The summed E-state index contributed by atoms with van der Waals surface area (Å²) >= 11 is 0. The van der Waals surface area contributed by atoms with Gasteiger partial charge in [-0.25, -0.2) is 9.78 Å². The molecule has 4 rings (SSSR count). The molecule has 2 N–H and O–H groups in total. The van der Waals surface area contributed by atoms with Gasteiger partial charge in [-0.15, -0.1) is 0 Å². The predicted octanol–water partition coefficient (Wildman–Crippen LogP) is 4.32. The largest absolute Gasteiger partial charge is 0.438 e. The maximum Gasteiger partial charge on any atom is 0.315 e. The van der Waals surface area contributed by atoms with E-state index in [9.17, 15) is 9.59 Å². The molecule has 166 valence electrons. The highest BCUT2D eigenvalue weighted by molar-refractivity contribution is 5.94. The zero-order valence-electron chi connectivity index (χ0n) is 18.4. The normalized spacial score (nSPS) is 15.2. The van der Waals surface area contributed by atoms with Crippen molar-refractivity contribution in [2.24, 2.45) is 0 Å². The number of nitrogens with zero attached hydrogens (tertiary/aromatic N) is 2. The molecule has 1 atom stereocenters. The molecular weight excluding hydrogens is 404 g/mol. The monoisotopic (exact) mass is 432 g/mol. The Morgan fingerprint density at radius 3 is 2.44 bits per heavy atom. The van der Waals surface area contributed by atoms with Crippen molar-refractivity contribution in [1.29, 1.82) is 0 Å². The number of piperidine rings is 1. The van der Waals surface area contributed by atoms with Crippen LogP contribution in [-0.4, -0.2) is 41.0 Å². The third kappa shape index (κ3) is 5.17. The summed E-state index contributed by atoms with van der Waals surface area (Å²) in [4.78, 5) is 31.3. The number of likely N-dealkylation sites (tertiary alicyclic amines) is 1. The first-order valence-electron chi connectivity index (χ1n) is 10.9. The van der Waals surface area contributed by atoms with E-state index in [2.05, 4.69) is 15.6 Å². The lowest BCUT2D eigenvalue weighted by Gasteiger charge is -2.32. The van der Waals surface area contributed by atoms with Crippen molar-refractivity contribution >= 4 is 11.9 Å². The van der Waals surface area contributed by atoms with Gasteiger partial charge in [0.25, 0.3) is 5.91 Å². The second kappa shape index (κ2) is 9.68. The number of hydrogen-bond acceptors (Lipinski definition) is 4. The van der Waals surface area contributed by atoms with Gasteiger partial charge in [0.05, 0.1) is 6.20 Å². The SMILES string of the molecule is Cc1ccc(C(=O)N2CCC(NC(=O)NC(C)c3ncc(-c4ccccc4)o3)CC2)cc1. The smallest absolute Gasteiger partial charge is 0.315 e. The number of oxazole rings is 1. The molecule has 0 bridgehead atoms. The Morgan fingerprint density at radius 2 is 1.75 bits per heavy atom. The third-order valence-corrected chi connectivity index (χ3v) is 5.72. The Labute approximate surface area is 187 Å². The van der Waals surface area contributed by atoms with Gasteiger partial charge in [0.15, 0.2) is 5.76 Å². The molecule has 1 aromatic heterocycles. The van der Waals surface area contributed by atoms with E-state index in [0.717, 1.165) is 24.0 Å². The number of urea groups is 1. The molecule has 7 nitrogen and oxygen atoms in total. The molecule has 0 spiro atoms. The molecule has 0 aliphatic carbocycles. The number of aromatic nitrogens is 1. The number of hydrogen-bond donors (Lipinski definition) is 2. The number of carbonyl (C=O) groups excluding carboxylic acids is 2. The van der Waals surface area contributed by atoms with Crippen LogP contribution in [0.15, 0.2) is 65.2 Å². The highest BCUT2D eigenvalue weighted by Crippen LogP contribution is 2.22. The summed E-state index contributed by atoms with van der Waals surface area (Å²) in [5.74, 6) is 1.16. The van der Waals surface area contributed by atoms with Crippen LogP contribution in [0.5, 0.6) is 0 Å². The average Bonchev–Trinajstić information content (AvgIpc) is 3.31. The first-order chi connectivity index (χ1) is 15.5. The zero-order chi connectivity index (χ0) is 22.5. The highest BCUT2D eigenvalue weighted by atomic mass is 16.4. The maximum atomic E-state index is 12.7. The van der Waals surface area contributed by atoms with Crippen LogP contribution >= 0.6 is 0 Å². The molecule has 1 aliphatic heterocycles. The summed E-state index contributed by atoms with van der Waals surface area (Å²) in [6, 6.07) is 16.7. The Kier molecular flexibility index (Phi) is 6.54. The van der Waals surface area contributed by atoms with Crippen LogP contribution in [-0.2, 0) is 0 Å². The minimum atomic E-state index is -0.365. The lowest BCUT2D eigenvalue weighted by molar-refractivity contribution is 0.0708. The number of aryl methyl sites for hydroxylation is 1. The van der Waals surface area contributed by atoms with Gasteiger partial charge in [-0.1, -0.05) is 48.0 Å². The fraction of sp³-hybridized carbons (Fsp3) is 0.320. The quantitative estimate of drug-likeness (QED) is 0.629. The Morgan fingerprint density at radius 1 is 1.06 bits per heavy atom. The Balaban J connectivity index is 1.25. The lowest BCUT2D eigenvalue weighted by atomic mass is 10.0. The van der Waals surface area contributed by atoms with Gasteiger partial charge >= 0.3 is 6.03 Å². The molecule has 3 amide bonds. The summed E-state index contributed by atoms with van der Waals surface area (Å²) in [5.41, 5.74) is 2.77. The van der Waals surface area contributed by atoms with Crippen molar-refractivity contribution < 1.29 is 14.0 Å². The molecule has 2 aromatic carbocycles. The maximum absolute atomic E-state index is 12.7. The van der Waals surface area contributed by atoms with E-state index in [1.807, 2.05) is 73.3 Å². The molecule has 32 heavy (non-hydrogen) atoms. The van der Waals surface area contributed by atoms with Gasteiger partial charge in [0.1, 0.15) is 6.04 Å². The van der Waals surface area contributed by atoms with E-state index in [1.54, 1.807) is 6.20 Å². The van der Waals surface area contributed by atoms with Crippen LogP contribution in [0.25, 0.3) is 11.3 Å². The number of benzene rings is 2. The second-order valence-electron chi connectivity index (χ2n) is 8.20. The van der Waals surface area contributed by atoms with E-state index in [-0.39, 0.29) is 24.0 Å². The average molecular weight is 433 g/mol. The number of rotatable bonds is 5. The Hall–Kier alpha value is -3.61. The second-order valence-corrected chi connectivity index (χ2v) is 8.20.